The lowest BCUT2D eigenvalue weighted by atomic mass is 9.74. The van der Waals surface area contributed by atoms with Gasteiger partial charge in [0.25, 0.3) is 0 Å². The lowest BCUT2D eigenvalue weighted by Gasteiger charge is -2.43. The highest BCUT2D eigenvalue weighted by atomic mass is 16.2. The average Bonchev–Trinajstić information content (AvgIpc) is 2.40. The summed E-state index contributed by atoms with van der Waals surface area (Å²) >= 11 is 0. The topological polar surface area (TPSA) is 49.4 Å². The van der Waals surface area contributed by atoms with E-state index >= 15 is 0 Å². The number of hydrogen-bond donors (Lipinski definition) is 1. The van der Waals surface area contributed by atoms with Crippen LogP contribution in [0.2, 0.25) is 0 Å². The van der Waals surface area contributed by atoms with Crippen LogP contribution >= 0.6 is 0 Å². The first kappa shape index (κ1) is 10.6. The van der Waals surface area contributed by atoms with Crippen molar-refractivity contribution in [2.75, 3.05) is 7.05 Å². The van der Waals surface area contributed by atoms with E-state index in [1.54, 1.807) is 7.05 Å². The van der Waals surface area contributed by atoms with Crippen molar-refractivity contribution >= 4 is 11.8 Å². The summed E-state index contributed by atoms with van der Waals surface area (Å²) in [5.74, 6) is -0.136. The first-order chi connectivity index (χ1) is 7.08. The molecule has 2 fully saturated rings. The minimum Gasteiger partial charge on any atom is -0.300 e. The summed E-state index contributed by atoms with van der Waals surface area (Å²) in [4.78, 5) is 24.3. The number of likely N-dealkylation sites (tertiary alicyclic amines) is 1. The Morgan fingerprint density at radius 2 is 2.13 bits per heavy atom. The molecule has 0 aromatic rings. The molecule has 0 bridgehead atoms. The third kappa shape index (κ3) is 1.67. The van der Waals surface area contributed by atoms with Gasteiger partial charge < -0.3 is 0 Å². The van der Waals surface area contributed by atoms with Gasteiger partial charge in [-0.15, -0.1) is 0 Å². The molecule has 2 aliphatic rings. The minimum absolute atomic E-state index is 0.0666. The summed E-state index contributed by atoms with van der Waals surface area (Å²) in [6.07, 6.45) is 4.85. The van der Waals surface area contributed by atoms with E-state index in [2.05, 4.69) is 12.2 Å². The second-order valence-electron chi connectivity index (χ2n) is 4.68. The fourth-order valence-electron chi connectivity index (χ4n) is 2.44. The fraction of sp³-hybridized carbons (Fsp3) is 0.818. The number of likely N-dealkylation sites (N-methyl/N-ethyl adjacent to an activating group) is 1. The zero-order chi connectivity index (χ0) is 11.1. The van der Waals surface area contributed by atoms with Gasteiger partial charge in [-0.3, -0.25) is 19.8 Å². The molecule has 2 amide bonds. The summed E-state index contributed by atoms with van der Waals surface area (Å²) in [5, 5.41) is 3.38. The molecular formula is C11H18N2O2. The number of rotatable bonds is 3. The largest absolute Gasteiger partial charge is 0.300 e. The molecule has 0 aromatic carbocycles. The van der Waals surface area contributed by atoms with Gasteiger partial charge >= 0.3 is 0 Å². The molecule has 1 aliphatic heterocycles. The molecule has 2 rings (SSSR count). The predicted molar refractivity (Wildman–Crippen MR) is 56.2 cm³/mol. The summed E-state index contributed by atoms with van der Waals surface area (Å²) in [5.41, 5.74) is 0.131. The zero-order valence-corrected chi connectivity index (χ0v) is 9.38. The quantitative estimate of drug-likeness (QED) is 0.696. The average molecular weight is 210 g/mol. The maximum atomic E-state index is 11.7. The predicted octanol–water partition coefficient (Wildman–Crippen LogP) is 0.666. The molecule has 84 valence electrons. The maximum Gasteiger partial charge on any atom is 0.246 e. The molecule has 4 nitrogen and oxygen atoms in total. The van der Waals surface area contributed by atoms with E-state index in [0.29, 0.717) is 6.42 Å². The number of carbonyl (C=O) groups is 2. The molecule has 0 spiro atoms. The first-order valence-corrected chi connectivity index (χ1v) is 5.66. The van der Waals surface area contributed by atoms with Crippen LogP contribution in [0, 0.1) is 0 Å². The summed E-state index contributed by atoms with van der Waals surface area (Å²) in [6, 6.07) is -0.275. The van der Waals surface area contributed by atoms with Crippen LogP contribution in [0.4, 0.5) is 0 Å². The lowest BCUT2D eigenvalue weighted by molar-refractivity contribution is -0.137. The number of nitrogens with one attached hydrogen (secondary N) is 1. The van der Waals surface area contributed by atoms with Gasteiger partial charge in [0, 0.05) is 12.6 Å². The van der Waals surface area contributed by atoms with Crippen molar-refractivity contribution in [2.24, 2.45) is 0 Å². The molecule has 0 aromatic heterocycles. The number of nitrogens with zero attached hydrogens (tertiary/aromatic N) is 1. The van der Waals surface area contributed by atoms with Gasteiger partial charge in [0.2, 0.25) is 11.8 Å². The highest BCUT2D eigenvalue weighted by molar-refractivity contribution is 6.05. The fourth-order valence-corrected chi connectivity index (χ4v) is 2.44. The van der Waals surface area contributed by atoms with E-state index in [-0.39, 0.29) is 23.4 Å². The van der Waals surface area contributed by atoms with Crippen molar-refractivity contribution in [1.29, 1.82) is 0 Å². The summed E-state index contributed by atoms with van der Waals surface area (Å²) in [7, 11) is 1.56. The highest BCUT2D eigenvalue weighted by Gasteiger charge is 2.43. The van der Waals surface area contributed by atoms with E-state index in [0.717, 1.165) is 19.3 Å². The molecule has 1 heterocycles. The smallest absolute Gasteiger partial charge is 0.246 e. The Kier molecular flexibility index (Phi) is 2.54. The van der Waals surface area contributed by atoms with Gasteiger partial charge in [-0.1, -0.05) is 6.92 Å². The first-order valence-electron chi connectivity index (χ1n) is 5.66. The van der Waals surface area contributed by atoms with Crippen LogP contribution in [0.3, 0.4) is 0 Å². The van der Waals surface area contributed by atoms with Crippen molar-refractivity contribution in [3.05, 3.63) is 0 Å². The third-order valence-electron chi connectivity index (χ3n) is 3.85. The summed E-state index contributed by atoms with van der Waals surface area (Å²) in [6.45, 7) is 2.14. The van der Waals surface area contributed by atoms with Crippen LogP contribution < -0.4 is 5.32 Å². The van der Waals surface area contributed by atoms with E-state index in [4.69, 9.17) is 0 Å². The molecule has 1 aliphatic carbocycles. The molecule has 1 saturated carbocycles. The van der Waals surface area contributed by atoms with Gasteiger partial charge in [0.1, 0.15) is 0 Å². The van der Waals surface area contributed by atoms with Crippen molar-refractivity contribution < 1.29 is 9.59 Å². The van der Waals surface area contributed by atoms with Crippen LogP contribution in [0.25, 0.3) is 0 Å². The lowest BCUT2D eigenvalue weighted by Crippen LogP contribution is -2.56. The van der Waals surface area contributed by atoms with E-state index < -0.39 is 0 Å². The molecule has 1 unspecified atom stereocenters. The van der Waals surface area contributed by atoms with Crippen LogP contribution in [-0.4, -0.2) is 35.3 Å². The maximum absolute atomic E-state index is 11.7. The van der Waals surface area contributed by atoms with Crippen molar-refractivity contribution in [2.45, 2.75) is 50.6 Å². The molecule has 1 saturated heterocycles. The SMILES string of the molecule is CCC1(NC2CC(=O)N(C)C2=O)CCC1. The molecule has 4 heteroatoms. The molecule has 1 atom stereocenters. The van der Waals surface area contributed by atoms with Gasteiger partial charge in [-0.2, -0.15) is 0 Å². The van der Waals surface area contributed by atoms with Gasteiger partial charge in [0.05, 0.1) is 12.5 Å². The van der Waals surface area contributed by atoms with Crippen LogP contribution in [0.1, 0.15) is 39.0 Å². The number of hydrogen-bond acceptors (Lipinski definition) is 3. The molecule has 0 radical (unpaired) electrons. The Morgan fingerprint density at radius 1 is 1.47 bits per heavy atom. The normalized spacial score (nSPS) is 29.5. The van der Waals surface area contributed by atoms with Gasteiger partial charge in [-0.05, 0) is 25.7 Å². The van der Waals surface area contributed by atoms with Crippen LogP contribution in [0.15, 0.2) is 0 Å². The molecular weight excluding hydrogens is 192 g/mol. The number of amides is 2. The molecule has 15 heavy (non-hydrogen) atoms. The second kappa shape index (κ2) is 3.59. The van der Waals surface area contributed by atoms with Crippen molar-refractivity contribution in [3.8, 4) is 0 Å². The minimum atomic E-state index is -0.275. The standard InChI is InChI=1S/C11H18N2O2/c1-3-11(5-4-6-11)12-8-7-9(14)13(2)10(8)15/h8,12H,3-7H2,1-2H3. The Balaban J connectivity index is 2.01. The van der Waals surface area contributed by atoms with Crippen molar-refractivity contribution in [3.63, 3.8) is 0 Å². The summed E-state index contributed by atoms with van der Waals surface area (Å²) < 4.78 is 0. The van der Waals surface area contributed by atoms with Gasteiger partial charge in [0.15, 0.2) is 0 Å². The Labute approximate surface area is 90.0 Å². The Hall–Kier alpha value is -0.900. The molecule has 1 N–H and O–H groups in total. The number of carbonyl (C=O) groups excluding carboxylic acids is 2. The second-order valence-corrected chi connectivity index (χ2v) is 4.68. The van der Waals surface area contributed by atoms with E-state index in [1.807, 2.05) is 0 Å². The third-order valence-corrected chi connectivity index (χ3v) is 3.85. The van der Waals surface area contributed by atoms with Crippen LogP contribution in [-0.2, 0) is 9.59 Å². The van der Waals surface area contributed by atoms with Crippen LogP contribution in [0.5, 0.6) is 0 Å². The Morgan fingerprint density at radius 3 is 2.47 bits per heavy atom. The Bertz CT molecular complexity index is 291. The number of imide groups is 1. The van der Waals surface area contributed by atoms with E-state index in [9.17, 15) is 9.59 Å². The monoisotopic (exact) mass is 210 g/mol. The highest BCUT2D eigenvalue weighted by Crippen LogP contribution is 2.35. The zero-order valence-electron chi connectivity index (χ0n) is 9.38. The van der Waals surface area contributed by atoms with Crippen molar-refractivity contribution in [1.82, 2.24) is 10.2 Å². The van der Waals surface area contributed by atoms with E-state index in [1.165, 1.54) is 11.3 Å². The van der Waals surface area contributed by atoms with Gasteiger partial charge in [-0.25, -0.2) is 0 Å².